The Balaban J connectivity index is 2.62. The summed E-state index contributed by atoms with van der Waals surface area (Å²) in [4.78, 5) is 0. The minimum atomic E-state index is -0.600. The van der Waals surface area contributed by atoms with Crippen LogP contribution in [-0.4, -0.2) is 11.9 Å². The van der Waals surface area contributed by atoms with Crippen LogP contribution in [0.25, 0.3) is 0 Å². The van der Waals surface area contributed by atoms with Crippen molar-refractivity contribution in [3.8, 4) is 11.5 Å². The van der Waals surface area contributed by atoms with Gasteiger partial charge in [0.1, 0.15) is 0 Å². The second-order valence-electron chi connectivity index (χ2n) is 3.33. The molecule has 1 aliphatic heterocycles. The largest absolute Gasteiger partial charge is 0.454 e. The van der Waals surface area contributed by atoms with Crippen LogP contribution >= 0.6 is 11.6 Å². The smallest absolute Gasteiger partial charge is 0.231 e. The number of aryl methyl sites for hydroxylation is 1. The van der Waals surface area contributed by atoms with Crippen LogP contribution in [0.5, 0.6) is 11.5 Å². The molecule has 1 aliphatic rings. The molecule has 14 heavy (non-hydrogen) atoms. The van der Waals surface area contributed by atoms with Gasteiger partial charge in [0.2, 0.25) is 6.79 Å². The van der Waals surface area contributed by atoms with Crippen molar-refractivity contribution in [2.75, 3.05) is 6.79 Å². The molecule has 0 saturated heterocycles. The van der Waals surface area contributed by atoms with E-state index in [0.717, 1.165) is 5.56 Å². The first-order chi connectivity index (χ1) is 6.61. The number of rotatable bonds is 1. The molecule has 0 amide bonds. The molecule has 0 bridgehead atoms. The fourth-order valence-corrected chi connectivity index (χ4v) is 2.10. The standard InChI is InChI=1S/C10H11ClO3/c1-5-3-7-10(14-4-13-7)9(11)8(5)6(2)12/h3,6,12H,4H2,1-2H3. The number of halogens is 1. The Bertz CT molecular complexity index is 374. The summed E-state index contributed by atoms with van der Waals surface area (Å²) < 4.78 is 10.4. The Hall–Kier alpha value is -0.930. The molecule has 1 unspecified atom stereocenters. The van der Waals surface area contributed by atoms with Crippen LogP contribution in [0.4, 0.5) is 0 Å². The maximum atomic E-state index is 9.54. The average molecular weight is 215 g/mol. The summed E-state index contributed by atoms with van der Waals surface area (Å²) in [5, 5.41) is 9.99. The molecule has 4 heteroatoms. The van der Waals surface area contributed by atoms with Crippen LogP contribution < -0.4 is 9.47 Å². The van der Waals surface area contributed by atoms with Crippen LogP contribution in [-0.2, 0) is 0 Å². The number of hydrogen-bond donors (Lipinski definition) is 1. The maximum Gasteiger partial charge on any atom is 0.231 e. The summed E-state index contributed by atoms with van der Waals surface area (Å²) >= 11 is 6.09. The molecule has 1 N–H and O–H groups in total. The first kappa shape index (κ1) is 9.62. The van der Waals surface area contributed by atoms with Crippen molar-refractivity contribution in [1.82, 2.24) is 0 Å². The van der Waals surface area contributed by atoms with Gasteiger partial charge in [0.15, 0.2) is 11.5 Å². The van der Waals surface area contributed by atoms with Gasteiger partial charge in [0.05, 0.1) is 11.1 Å². The van der Waals surface area contributed by atoms with E-state index in [1.54, 1.807) is 6.92 Å². The molecule has 0 aromatic heterocycles. The lowest BCUT2D eigenvalue weighted by Crippen LogP contribution is -1.97. The molecule has 0 radical (unpaired) electrons. The second-order valence-corrected chi connectivity index (χ2v) is 3.71. The summed E-state index contributed by atoms with van der Waals surface area (Å²) in [6.45, 7) is 3.75. The molecule has 1 atom stereocenters. The fourth-order valence-electron chi connectivity index (χ4n) is 1.65. The predicted octanol–water partition coefficient (Wildman–Crippen LogP) is 2.43. The zero-order valence-electron chi connectivity index (χ0n) is 8.00. The van der Waals surface area contributed by atoms with Gasteiger partial charge < -0.3 is 14.6 Å². The number of aliphatic hydroxyl groups excluding tert-OH is 1. The van der Waals surface area contributed by atoms with Crippen molar-refractivity contribution in [2.45, 2.75) is 20.0 Å². The van der Waals surface area contributed by atoms with Crippen molar-refractivity contribution in [2.24, 2.45) is 0 Å². The van der Waals surface area contributed by atoms with E-state index in [1.165, 1.54) is 0 Å². The van der Waals surface area contributed by atoms with E-state index >= 15 is 0 Å². The van der Waals surface area contributed by atoms with Crippen LogP contribution in [0, 0.1) is 6.92 Å². The van der Waals surface area contributed by atoms with E-state index in [4.69, 9.17) is 21.1 Å². The topological polar surface area (TPSA) is 38.7 Å². The Morgan fingerprint density at radius 1 is 1.50 bits per heavy atom. The van der Waals surface area contributed by atoms with Gasteiger partial charge >= 0.3 is 0 Å². The third-order valence-electron chi connectivity index (χ3n) is 2.27. The third kappa shape index (κ3) is 1.33. The van der Waals surface area contributed by atoms with Crippen molar-refractivity contribution in [3.05, 3.63) is 22.2 Å². The van der Waals surface area contributed by atoms with Crippen LogP contribution in [0.1, 0.15) is 24.2 Å². The fraction of sp³-hybridized carbons (Fsp3) is 0.400. The highest BCUT2D eigenvalue weighted by Gasteiger charge is 2.23. The summed E-state index contributed by atoms with van der Waals surface area (Å²) in [5.41, 5.74) is 1.62. The van der Waals surface area contributed by atoms with Gasteiger partial charge in [-0.15, -0.1) is 0 Å². The minimum absolute atomic E-state index is 0.192. The first-order valence-corrected chi connectivity index (χ1v) is 4.75. The van der Waals surface area contributed by atoms with Crippen molar-refractivity contribution >= 4 is 11.6 Å². The van der Waals surface area contributed by atoms with E-state index in [1.807, 2.05) is 13.0 Å². The van der Waals surface area contributed by atoms with E-state index < -0.39 is 6.10 Å². The van der Waals surface area contributed by atoms with Crippen LogP contribution in [0.15, 0.2) is 6.07 Å². The van der Waals surface area contributed by atoms with Gasteiger partial charge in [-0.3, -0.25) is 0 Å². The van der Waals surface area contributed by atoms with Gasteiger partial charge in [-0.1, -0.05) is 11.6 Å². The van der Waals surface area contributed by atoms with E-state index in [-0.39, 0.29) is 6.79 Å². The number of ether oxygens (including phenoxy) is 2. The number of hydrogen-bond acceptors (Lipinski definition) is 3. The van der Waals surface area contributed by atoms with Crippen LogP contribution in [0.2, 0.25) is 5.02 Å². The average Bonchev–Trinajstić information content (AvgIpc) is 2.50. The summed E-state index contributed by atoms with van der Waals surface area (Å²) in [7, 11) is 0. The first-order valence-electron chi connectivity index (χ1n) is 4.38. The van der Waals surface area contributed by atoms with Crippen molar-refractivity contribution in [3.63, 3.8) is 0 Å². The van der Waals surface area contributed by atoms with Crippen molar-refractivity contribution in [1.29, 1.82) is 0 Å². The minimum Gasteiger partial charge on any atom is -0.454 e. The van der Waals surface area contributed by atoms with Gasteiger partial charge in [-0.2, -0.15) is 0 Å². The molecule has 0 aliphatic carbocycles. The summed E-state index contributed by atoms with van der Waals surface area (Å²) in [6, 6.07) is 1.83. The number of fused-ring (bicyclic) bond motifs is 1. The van der Waals surface area contributed by atoms with Gasteiger partial charge in [0, 0.05) is 5.56 Å². The Labute approximate surface area is 87.2 Å². The molecular weight excluding hydrogens is 204 g/mol. The molecule has 2 rings (SSSR count). The highest BCUT2D eigenvalue weighted by molar-refractivity contribution is 6.33. The highest BCUT2D eigenvalue weighted by atomic mass is 35.5. The molecule has 0 fully saturated rings. The van der Waals surface area contributed by atoms with Gasteiger partial charge in [-0.05, 0) is 25.5 Å². The Morgan fingerprint density at radius 2 is 2.21 bits per heavy atom. The normalized spacial score (nSPS) is 15.7. The Morgan fingerprint density at radius 3 is 2.86 bits per heavy atom. The highest BCUT2D eigenvalue weighted by Crippen LogP contribution is 2.44. The molecule has 1 aromatic carbocycles. The van der Waals surface area contributed by atoms with Gasteiger partial charge in [-0.25, -0.2) is 0 Å². The lowest BCUT2D eigenvalue weighted by atomic mass is 10.0. The molecule has 76 valence electrons. The summed E-state index contributed by atoms with van der Waals surface area (Å²) in [6.07, 6.45) is -0.600. The SMILES string of the molecule is Cc1cc2c(c(Cl)c1C(C)O)OCO2. The molecule has 0 saturated carbocycles. The summed E-state index contributed by atoms with van der Waals surface area (Å²) in [5.74, 6) is 1.19. The number of aliphatic hydroxyl groups is 1. The van der Waals surface area contributed by atoms with Crippen LogP contribution in [0.3, 0.4) is 0 Å². The van der Waals surface area contributed by atoms with E-state index in [0.29, 0.717) is 22.1 Å². The van der Waals surface area contributed by atoms with E-state index in [9.17, 15) is 5.11 Å². The lowest BCUT2D eigenvalue weighted by Gasteiger charge is -2.12. The van der Waals surface area contributed by atoms with Gasteiger partial charge in [0.25, 0.3) is 0 Å². The lowest BCUT2D eigenvalue weighted by molar-refractivity contribution is 0.173. The zero-order valence-corrected chi connectivity index (χ0v) is 8.76. The zero-order chi connectivity index (χ0) is 10.3. The molecule has 0 spiro atoms. The molecule has 3 nitrogen and oxygen atoms in total. The molecule has 1 heterocycles. The predicted molar refractivity (Wildman–Crippen MR) is 52.9 cm³/mol. The molecule has 1 aromatic rings. The third-order valence-corrected chi connectivity index (χ3v) is 2.64. The quantitative estimate of drug-likeness (QED) is 0.781. The maximum absolute atomic E-state index is 9.54. The van der Waals surface area contributed by atoms with Crippen molar-refractivity contribution < 1.29 is 14.6 Å². The monoisotopic (exact) mass is 214 g/mol. The number of benzene rings is 1. The second kappa shape index (κ2) is 3.33. The molecular formula is C10H11ClO3. The van der Waals surface area contributed by atoms with E-state index in [2.05, 4.69) is 0 Å². The Kier molecular flexibility index (Phi) is 2.29.